The van der Waals surface area contributed by atoms with Crippen molar-refractivity contribution in [3.05, 3.63) is 60.9 Å². The van der Waals surface area contributed by atoms with Crippen LogP contribution in [0.4, 0.5) is 0 Å². The van der Waals surface area contributed by atoms with Gasteiger partial charge in [0, 0.05) is 25.1 Å². The Balaban J connectivity index is 1.47. The predicted molar refractivity (Wildman–Crippen MR) is 118 cm³/mol. The van der Waals surface area contributed by atoms with Crippen LogP contribution in [-0.2, 0) is 17.3 Å². The molecule has 31 heavy (non-hydrogen) atoms. The summed E-state index contributed by atoms with van der Waals surface area (Å²) >= 11 is 6.04. The van der Waals surface area contributed by atoms with E-state index in [2.05, 4.69) is 20.1 Å². The Kier molecular flexibility index (Phi) is 5.23. The van der Waals surface area contributed by atoms with Crippen molar-refractivity contribution in [3.63, 3.8) is 0 Å². The van der Waals surface area contributed by atoms with E-state index in [-0.39, 0.29) is 6.00 Å². The molecule has 4 aromatic heterocycles. The SMILES string of the molecule is COCCn1c(Oc2ccc(-c3nn(CCl)c4cccnc34)cc2)nc2cccnc21. The van der Waals surface area contributed by atoms with Crippen LogP contribution >= 0.6 is 11.6 Å². The Labute approximate surface area is 183 Å². The minimum Gasteiger partial charge on any atom is -0.425 e. The minimum absolute atomic E-state index is 0.259. The van der Waals surface area contributed by atoms with Gasteiger partial charge in [-0.2, -0.15) is 10.1 Å². The summed E-state index contributed by atoms with van der Waals surface area (Å²) in [6, 6.07) is 16.0. The molecule has 0 fully saturated rings. The number of ether oxygens (including phenoxy) is 2. The molecule has 1 aromatic carbocycles. The monoisotopic (exact) mass is 434 g/mol. The number of pyridine rings is 2. The van der Waals surface area contributed by atoms with Gasteiger partial charge in [-0.15, -0.1) is 11.6 Å². The van der Waals surface area contributed by atoms with Gasteiger partial charge in [-0.05, 0) is 48.5 Å². The second-order valence-electron chi connectivity index (χ2n) is 6.85. The molecule has 0 aliphatic rings. The number of nitrogens with zero attached hydrogens (tertiary/aromatic N) is 6. The maximum absolute atomic E-state index is 6.09. The first-order chi connectivity index (χ1) is 15.3. The Bertz CT molecular complexity index is 1350. The van der Waals surface area contributed by atoms with Gasteiger partial charge in [-0.3, -0.25) is 9.55 Å². The maximum Gasteiger partial charge on any atom is 0.304 e. The molecule has 0 aliphatic carbocycles. The Morgan fingerprint density at radius 1 is 1.00 bits per heavy atom. The third kappa shape index (κ3) is 3.60. The molecule has 0 unspecified atom stereocenters. The average Bonchev–Trinajstić information content (AvgIpc) is 3.36. The fourth-order valence-corrected chi connectivity index (χ4v) is 3.66. The number of rotatable bonds is 7. The van der Waals surface area contributed by atoms with Gasteiger partial charge >= 0.3 is 6.01 Å². The van der Waals surface area contributed by atoms with Gasteiger partial charge in [-0.1, -0.05) is 0 Å². The van der Waals surface area contributed by atoms with E-state index < -0.39 is 0 Å². The number of hydrogen-bond acceptors (Lipinski definition) is 6. The summed E-state index contributed by atoms with van der Waals surface area (Å²) in [7, 11) is 1.66. The summed E-state index contributed by atoms with van der Waals surface area (Å²) in [6.07, 6.45) is 3.49. The van der Waals surface area contributed by atoms with Gasteiger partial charge in [0.25, 0.3) is 0 Å². The van der Waals surface area contributed by atoms with Crippen molar-refractivity contribution in [3.8, 4) is 23.0 Å². The average molecular weight is 435 g/mol. The second kappa shape index (κ2) is 8.33. The van der Waals surface area contributed by atoms with Crippen molar-refractivity contribution in [2.24, 2.45) is 0 Å². The molecule has 9 heteroatoms. The lowest BCUT2D eigenvalue weighted by molar-refractivity contribution is 0.185. The zero-order valence-corrected chi connectivity index (χ0v) is 17.5. The van der Waals surface area contributed by atoms with Gasteiger partial charge < -0.3 is 9.47 Å². The molecule has 0 atom stereocenters. The summed E-state index contributed by atoms with van der Waals surface area (Å²) < 4.78 is 15.0. The highest BCUT2D eigenvalue weighted by atomic mass is 35.5. The van der Waals surface area contributed by atoms with E-state index in [4.69, 9.17) is 21.1 Å². The van der Waals surface area contributed by atoms with E-state index in [1.165, 1.54) is 0 Å². The van der Waals surface area contributed by atoms with Gasteiger partial charge in [0.05, 0.1) is 18.7 Å². The van der Waals surface area contributed by atoms with Crippen molar-refractivity contribution in [1.82, 2.24) is 29.3 Å². The van der Waals surface area contributed by atoms with Gasteiger partial charge in [0.15, 0.2) is 5.65 Å². The van der Waals surface area contributed by atoms with Crippen LogP contribution in [0, 0.1) is 0 Å². The summed E-state index contributed by atoms with van der Waals surface area (Å²) in [4.78, 5) is 13.5. The molecule has 0 aliphatic heterocycles. The van der Waals surface area contributed by atoms with Gasteiger partial charge in [0.2, 0.25) is 0 Å². The first kappa shape index (κ1) is 19.5. The smallest absolute Gasteiger partial charge is 0.304 e. The summed E-state index contributed by atoms with van der Waals surface area (Å²) in [5, 5.41) is 4.61. The number of imidazole rings is 1. The lowest BCUT2D eigenvalue weighted by Gasteiger charge is -2.09. The van der Waals surface area contributed by atoms with Crippen LogP contribution in [0.25, 0.3) is 33.5 Å². The Morgan fingerprint density at radius 2 is 1.81 bits per heavy atom. The largest absolute Gasteiger partial charge is 0.425 e. The van der Waals surface area contributed by atoms with Crippen LogP contribution in [0.5, 0.6) is 11.8 Å². The molecule has 0 N–H and O–H groups in total. The third-order valence-corrected chi connectivity index (χ3v) is 5.17. The first-order valence-electron chi connectivity index (χ1n) is 9.74. The fourth-order valence-electron chi connectivity index (χ4n) is 3.48. The highest BCUT2D eigenvalue weighted by Gasteiger charge is 2.15. The molecule has 0 saturated carbocycles. The van der Waals surface area contributed by atoms with Gasteiger partial charge in [-0.25, -0.2) is 9.67 Å². The van der Waals surface area contributed by atoms with Crippen molar-refractivity contribution in [2.45, 2.75) is 12.5 Å². The number of fused-ring (bicyclic) bond motifs is 2. The molecule has 0 saturated heterocycles. The third-order valence-electron chi connectivity index (χ3n) is 4.95. The van der Waals surface area contributed by atoms with Gasteiger partial charge in [0.1, 0.15) is 28.5 Å². The van der Waals surface area contributed by atoms with Crippen LogP contribution in [-0.4, -0.2) is 43.0 Å². The number of aromatic nitrogens is 6. The van der Waals surface area contributed by atoms with E-state index >= 15 is 0 Å². The van der Waals surface area contributed by atoms with Crippen LogP contribution < -0.4 is 4.74 Å². The maximum atomic E-state index is 6.09. The summed E-state index contributed by atoms with van der Waals surface area (Å²) in [5.74, 6) is 0.659. The number of hydrogen-bond donors (Lipinski definition) is 0. The van der Waals surface area contributed by atoms with E-state index in [9.17, 15) is 0 Å². The molecule has 4 heterocycles. The quantitative estimate of drug-likeness (QED) is 0.351. The molecular formula is C22H19ClN6O2. The highest BCUT2D eigenvalue weighted by molar-refractivity contribution is 6.15. The lowest BCUT2D eigenvalue weighted by Crippen LogP contribution is -2.06. The molecule has 0 spiro atoms. The zero-order valence-electron chi connectivity index (χ0n) is 16.8. The normalized spacial score (nSPS) is 11.4. The summed E-state index contributed by atoms with van der Waals surface area (Å²) in [6.45, 7) is 1.12. The molecule has 156 valence electrons. The van der Waals surface area contributed by atoms with Crippen LogP contribution in [0.1, 0.15) is 0 Å². The van der Waals surface area contributed by atoms with Crippen LogP contribution in [0.3, 0.4) is 0 Å². The number of alkyl halides is 1. The Hall–Kier alpha value is -3.49. The highest BCUT2D eigenvalue weighted by Crippen LogP contribution is 2.30. The van der Waals surface area contributed by atoms with Crippen molar-refractivity contribution in [1.29, 1.82) is 0 Å². The Morgan fingerprint density at radius 3 is 2.61 bits per heavy atom. The van der Waals surface area contributed by atoms with E-state index in [1.54, 1.807) is 24.2 Å². The zero-order chi connectivity index (χ0) is 21.2. The van der Waals surface area contributed by atoms with E-state index in [0.29, 0.717) is 24.9 Å². The van der Waals surface area contributed by atoms with Crippen LogP contribution in [0.2, 0.25) is 0 Å². The van der Waals surface area contributed by atoms with Crippen molar-refractivity contribution >= 4 is 33.8 Å². The predicted octanol–water partition coefficient (Wildman–Crippen LogP) is 4.48. The second-order valence-corrected chi connectivity index (χ2v) is 7.09. The van der Waals surface area contributed by atoms with Crippen LogP contribution in [0.15, 0.2) is 60.9 Å². The van der Waals surface area contributed by atoms with E-state index in [0.717, 1.165) is 33.5 Å². The first-order valence-corrected chi connectivity index (χ1v) is 10.3. The molecule has 0 bridgehead atoms. The molecule has 0 amide bonds. The number of halogens is 1. The topological polar surface area (TPSA) is 79.9 Å². The molecule has 5 rings (SSSR count). The van der Waals surface area contributed by atoms with Crippen molar-refractivity contribution in [2.75, 3.05) is 13.7 Å². The minimum atomic E-state index is 0.259. The summed E-state index contributed by atoms with van der Waals surface area (Å²) in [5.41, 5.74) is 4.94. The number of methoxy groups -OCH3 is 1. The standard InChI is InChI=1S/C22H19ClN6O2/c1-30-13-12-28-21-17(4-2-11-25-21)26-22(28)31-16-8-6-15(7-9-16)19-20-18(5-3-10-24-20)29(14-23)27-19/h2-11H,12-14H2,1H3. The molecule has 5 aromatic rings. The lowest BCUT2D eigenvalue weighted by atomic mass is 10.1. The number of benzene rings is 1. The van der Waals surface area contributed by atoms with E-state index in [1.807, 2.05) is 53.1 Å². The molecule has 8 nitrogen and oxygen atoms in total. The van der Waals surface area contributed by atoms with Crippen molar-refractivity contribution < 1.29 is 9.47 Å². The molecular weight excluding hydrogens is 416 g/mol. The fraction of sp³-hybridized carbons (Fsp3) is 0.182. The molecule has 0 radical (unpaired) electrons.